The SMILES string of the molecule is N#CCCc1ccccc1C(=O)O. The van der Waals surface area contributed by atoms with Gasteiger partial charge in [0.05, 0.1) is 11.6 Å². The molecule has 1 aromatic rings. The van der Waals surface area contributed by atoms with E-state index >= 15 is 0 Å². The number of aryl methyl sites for hydroxylation is 1. The lowest BCUT2D eigenvalue weighted by Crippen LogP contribution is -2.01. The second-order valence-corrected chi connectivity index (χ2v) is 2.62. The Hall–Kier alpha value is -1.82. The number of carboxylic acid groups (broad SMARTS) is 1. The molecule has 66 valence electrons. The largest absolute Gasteiger partial charge is 0.478 e. The highest BCUT2D eigenvalue weighted by Crippen LogP contribution is 2.10. The van der Waals surface area contributed by atoms with E-state index in [1.54, 1.807) is 24.3 Å². The Labute approximate surface area is 76.2 Å². The molecule has 0 atom stereocenters. The molecular formula is C10H9NO2. The monoisotopic (exact) mass is 175 g/mol. The van der Waals surface area contributed by atoms with Crippen molar-refractivity contribution in [1.29, 1.82) is 5.26 Å². The molecule has 0 fully saturated rings. The van der Waals surface area contributed by atoms with Crippen LogP contribution < -0.4 is 0 Å². The van der Waals surface area contributed by atoms with Crippen LogP contribution in [0, 0.1) is 11.3 Å². The third-order valence-corrected chi connectivity index (χ3v) is 1.75. The van der Waals surface area contributed by atoms with Gasteiger partial charge in [-0.1, -0.05) is 18.2 Å². The Kier molecular flexibility index (Phi) is 3.04. The summed E-state index contributed by atoms with van der Waals surface area (Å²) >= 11 is 0. The van der Waals surface area contributed by atoms with Gasteiger partial charge < -0.3 is 5.11 Å². The van der Waals surface area contributed by atoms with Gasteiger partial charge in [-0.05, 0) is 18.1 Å². The molecule has 0 aliphatic carbocycles. The average Bonchev–Trinajstić information content (AvgIpc) is 2.15. The second kappa shape index (κ2) is 4.27. The fourth-order valence-corrected chi connectivity index (χ4v) is 1.14. The van der Waals surface area contributed by atoms with E-state index in [-0.39, 0.29) is 5.56 Å². The molecule has 0 aromatic heterocycles. The standard InChI is InChI=1S/C10H9NO2/c11-7-3-5-8-4-1-2-6-9(8)10(12)13/h1-2,4,6H,3,5H2,(H,12,13). The summed E-state index contributed by atoms with van der Waals surface area (Å²) in [5, 5.41) is 17.1. The molecule has 1 aromatic carbocycles. The molecule has 1 N–H and O–H groups in total. The minimum atomic E-state index is -0.937. The predicted octanol–water partition coefficient (Wildman–Crippen LogP) is 1.84. The van der Waals surface area contributed by atoms with Gasteiger partial charge in [0.15, 0.2) is 0 Å². The highest BCUT2D eigenvalue weighted by atomic mass is 16.4. The number of nitriles is 1. The lowest BCUT2D eigenvalue weighted by atomic mass is 10.0. The summed E-state index contributed by atoms with van der Waals surface area (Å²) in [4.78, 5) is 10.7. The zero-order chi connectivity index (χ0) is 9.68. The van der Waals surface area contributed by atoms with Crippen LogP contribution in [0.25, 0.3) is 0 Å². The van der Waals surface area contributed by atoms with Gasteiger partial charge in [0.1, 0.15) is 0 Å². The van der Waals surface area contributed by atoms with Crippen molar-refractivity contribution in [1.82, 2.24) is 0 Å². The van der Waals surface area contributed by atoms with Gasteiger partial charge in [0.25, 0.3) is 0 Å². The first-order chi connectivity index (χ1) is 6.25. The number of aromatic carboxylic acids is 1. The summed E-state index contributed by atoms with van der Waals surface area (Å²) in [5.41, 5.74) is 1.01. The number of carboxylic acids is 1. The van der Waals surface area contributed by atoms with E-state index in [2.05, 4.69) is 0 Å². The molecule has 0 saturated heterocycles. The fourth-order valence-electron chi connectivity index (χ4n) is 1.14. The number of nitrogens with zero attached hydrogens (tertiary/aromatic N) is 1. The third-order valence-electron chi connectivity index (χ3n) is 1.75. The summed E-state index contributed by atoms with van der Waals surface area (Å²) in [6.07, 6.45) is 0.850. The van der Waals surface area contributed by atoms with E-state index < -0.39 is 5.97 Å². The molecule has 3 nitrogen and oxygen atoms in total. The molecule has 0 saturated carbocycles. The number of hydrogen-bond donors (Lipinski definition) is 1. The van der Waals surface area contributed by atoms with Gasteiger partial charge in [-0.3, -0.25) is 0 Å². The van der Waals surface area contributed by atoms with Crippen molar-refractivity contribution in [3.8, 4) is 6.07 Å². The molecule has 0 amide bonds. The topological polar surface area (TPSA) is 61.1 Å². The quantitative estimate of drug-likeness (QED) is 0.762. The molecule has 0 unspecified atom stereocenters. The maximum Gasteiger partial charge on any atom is 0.335 e. The first-order valence-electron chi connectivity index (χ1n) is 3.94. The van der Waals surface area contributed by atoms with Gasteiger partial charge in [-0.2, -0.15) is 5.26 Å². The smallest absolute Gasteiger partial charge is 0.335 e. The van der Waals surface area contributed by atoms with Crippen LogP contribution in [0.2, 0.25) is 0 Å². The fraction of sp³-hybridized carbons (Fsp3) is 0.200. The van der Waals surface area contributed by atoms with Crippen molar-refractivity contribution in [2.75, 3.05) is 0 Å². The van der Waals surface area contributed by atoms with E-state index in [1.165, 1.54) is 0 Å². The molecule has 1 rings (SSSR count). The van der Waals surface area contributed by atoms with Crippen LogP contribution in [-0.4, -0.2) is 11.1 Å². The van der Waals surface area contributed by atoms with Gasteiger partial charge in [0, 0.05) is 6.42 Å². The zero-order valence-electron chi connectivity index (χ0n) is 7.03. The summed E-state index contributed by atoms with van der Waals surface area (Å²) in [6.45, 7) is 0. The molecule has 0 radical (unpaired) electrons. The first-order valence-corrected chi connectivity index (χ1v) is 3.94. The number of benzene rings is 1. The van der Waals surface area contributed by atoms with E-state index in [1.807, 2.05) is 6.07 Å². The molecule has 0 bridgehead atoms. The third kappa shape index (κ3) is 2.31. The number of hydrogen-bond acceptors (Lipinski definition) is 2. The van der Waals surface area contributed by atoms with E-state index in [9.17, 15) is 4.79 Å². The summed E-state index contributed by atoms with van der Waals surface area (Å²) < 4.78 is 0. The highest BCUT2D eigenvalue weighted by molar-refractivity contribution is 5.89. The van der Waals surface area contributed by atoms with Crippen molar-refractivity contribution < 1.29 is 9.90 Å². The van der Waals surface area contributed by atoms with E-state index in [0.29, 0.717) is 12.8 Å². The van der Waals surface area contributed by atoms with Crippen LogP contribution in [0.4, 0.5) is 0 Å². The van der Waals surface area contributed by atoms with Gasteiger partial charge in [0.2, 0.25) is 0 Å². The maximum absolute atomic E-state index is 10.7. The van der Waals surface area contributed by atoms with Crippen LogP contribution in [0.5, 0.6) is 0 Å². The molecule has 0 spiro atoms. The van der Waals surface area contributed by atoms with Crippen molar-refractivity contribution in [3.05, 3.63) is 35.4 Å². The Morgan fingerprint density at radius 2 is 2.15 bits per heavy atom. The summed E-state index contributed by atoms with van der Waals surface area (Å²) in [7, 11) is 0. The predicted molar refractivity (Wildman–Crippen MR) is 47.3 cm³/mol. The van der Waals surface area contributed by atoms with Crippen molar-refractivity contribution in [3.63, 3.8) is 0 Å². The number of carbonyl (C=O) groups is 1. The maximum atomic E-state index is 10.7. The van der Waals surface area contributed by atoms with Crippen molar-refractivity contribution in [2.24, 2.45) is 0 Å². The Balaban J connectivity index is 2.92. The normalized spacial score (nSPS) is 9.15. The zero-order valence-corrected chi connectivity index (χ0v) is 7.03. The van der Waals surface area contributed by atoms with E-state index in [4.69, 9.17) is 10.4 Å². The van der Waals surface area contributed by atoms with Crippen LogP contribution in [0.3, 0.4) is 0 Å². The van der Waals surface area contributed by atoms with Crippen LogP contribution in [0.15, 0.2) is 24.3 Å². The van der Waals surface area contributed by atoms with Crippen molar-refractivity contribution >= 4 is 5.97 Å². The molecule has 0 heterocycles. The summed E-state index contributed by atoms with van der Waals surface area (Å²) in [5.74, 6) is -0.937. The lowest BCUT2D eigenvalue weighted by Gasteiger charge is -2.01. The average molecular weight is 175 g/mol. The van der Waals surface area contributed by atoms with Gasteiger partial charge in [-0.15, -0.1) is 0 Å². The minimum absolute atomic E-state index is 0.290. The van der Waals surface area contributed by atoms with Crippen LogP contribution >= 0.6 is 0 Å². The first kappa shape index (κ1) is 9.27. The van der Waals surface area contributed by atoms with Crippen LogP contribution in [0.1, 0.15) is 22.3 Å². The molecule has 13 heavy (non-hydrogen) atoms. The molecule has 0 aliphatic rings. The van der Waals surface area contributed by atoms with Crippen molar-refractivity contribution in [2.45, 2.75) is 12.8 Å². The molecule has 3 heteroatoms. The van der Waals surface area contributed by atoms with Gasteiger partial charge >= 0.3 is 5.97 Å². The van der Waals surface area contributed by atoms with Crippen LogP contribution in [-0.2, 0) is 6.42 Å². The van der Waals surface area contributed by atoms with E-state index in [0.717, 1.165) is 5.56 Å². The highest BCUT2D eigenvalue weighted by Gasteiger charge is 2.07. The Bertz CT molecular complexity index is 352. The Morgan fingerprint density at radius 1 is 1.46 bits per heavy atom. The Morgan fingerprint density at radius 3 is 2.77 bits per heavy atom. The van der Waals surface area contributed by atoms with Gasteiger partial charge in [-0.25, -0.2) is 4.79 Å². The summed E-state index contributed by atoms with van der Waals surface area (Å²) in [6, 6.07) is 8.73. The molecule has 0 aliphatic heterocycles. The second-order valence-electron chi connectivity index (χ2n) is 2.62. The molecular weight excluding hydrogens is 166 g/mol. The minimum Gasteiger partial charge on any atom is -0.478 e. The number of rotatable bonds is 3. The lowest BCUT2D eigenvalue weighted by molar-refractivity contribution is 0.0695.